The highest BCUT2D eigenvalue weighted by Crippen LogP contribution is 2.22. The van der Waals surface area contributed by atoms with Crippen LogP contribution in [0.25, 0.3) is 0 Å². The van der Waals surface area contributed by atoms with Gasteiger partial charge < -0.3 is 10.1 Å². The minimum Gasteiger partial charge on any atom is -0.494 e. The Morgan fingerprint density at radius 1 is 1.47 bits per heavy atom. The Morgan fingerprint density at radius 3 is 2.53 bits per heavy atom. The third-order valence-electron chi connectivity index (χ3n) is 2.40. The topological polar surface area (TPSA) is 55.4 Å². The summed E-state index contributed by atoms with van der Waals surface area (Å²) in [5.74, 6) is -0.434. The summed E-state index contributed by atoms with van der Waals surface area (Å²) >= 11 is 0. The second-order valence-corrected chi connectivity index (χ2v) is 6.01. The molecule has 1 rings (SSSR count). The van der Waals surface area contributed by atoms with Crippen molar-refractivity contribution in [3.63, 3.8) is 0 Å². The number of ether oxygens (including phenoxy) is 1. The molecular formula is C11H16FNO3S. The van der Waals surface area contributed by atoms with Gasteiger partial charge in [-0.25, -0.2) is 12.8 Å². The molecule has 0 fully saturated rings. The number of halogens is 1. The second kappa shape index (κ2) is 5.46. The Hall–Kier alpha value is -1.14. The molecule has 4 nitrogen and oxygen atoms in total. The fourth-order valence-electron chi connectivity index (χ4n) is 1.55. The van der Waals surface area contributed by atoms with Gasteiger partial charge in [0.05, 0.1) is 12.9 Å². The van der Waals surface area contributed by atoms with E-state index in [1.165, 1.54) is 19.2 Å². The predicted molar refractivity (Wildman–Crippen MR) is 64.5 cm³/mol. The SMILES string of the molecule is CNC(CS(C)(=O)=O)c1ccc(OC)c(F)c1. The van der Waals surface area contributed by atoms with E-state index < -0.39 is 21.7 Å². The van der Waals surface area contributed by atoms with E-state index in [1.807, 2.05) is 0 Å². The quantitative estimate of drug-likeness (QED) is 0.863. The standard InChI is InChI=1S/C11H16FNO3S/c1-13-10(7-17(3,14)15)8-4-5-11(16-2)9(12)6-8/h4-6,10,13H,7H2,1-3H3. The number of hydrogen-bond acceptors (Lipinski definition) is 4. The molecule has 1 aromatic carbocycles. The lowest BCUT2D eigenvalue weighted by atomic mass is 10.1. The third kappa shape index (κ3) is 3.98. The lowest BCUT2D eigenvalue weighted by molar-refractivity contribution is 0.385. The van der Waals surface area contributed by atoms with E-state index in [4.69, 9.17) is 4.74 Å². The molecule has 1 atom stereocenters. The Balaban J connectivity index is 3.01. The van der Waals surface area contributed by atoms with Gasteiger partial charge in [-0.1, -0.05) is 6.07 Å². The monoisotopic (exact) mass is 261 g/mol. The molecule has 0 heterocycles. The van der Waals surface area contributed by atoms with E-state index in [9.17, 15) is 12.8 Å². The molecule has 0 aliphatic heterocycles. The predicted octanol–water partition coefficient (Wildman–Crippen LogP) is 1.14. The number of methoxy groups -OCH3 is 1. The zero-order chi connectivity index (χ0) is 13.1. The Bertz CT molecular complexity index is 487. The first-order valence-corrected chi connectivity index (χ1v) is 7.12. The van der Waals surface area contributed by atoms with Crippen LogP contribution in [-0.4, -0.2) is 34.6 Å². The first kappa shape index (κ1) is 13.9. The summed E-state index contributed by atoms with van der Waals surface area (Å²) in [6.07, 6.45) is 1.15. The molecule has 0 spiro atoms. The number of nitrogens with one attached hydrogen (secondary N) is 1. The molecule has 0 bridgehead atoms. The van der Waals surface area contributed by atoms with Crippen LogP contribution in [0.2, 0.25) is 0 Å². The van der Waals surface area contributed by atoms with Gasteiger partial charge >= 0.3 is 0 Å². The summed E-state index contributed by atoms with van der Waals surface area (Å²) in [7, 11) is -0.112. The number of benzene rings is 1. The molecule has 1 N–H and O–H groups in total. The maximum absolute atomic E-state index is 13.5. The van der Waals surface area contributed by atoms with Crippen molar-refractivity contribution in [2.45, 2.75) is 6.04 Å². The smallest absolute Gasteiger partial charge is 0.165 e. The van der Waals surface area contributed by atoms with Crippen LogP contribution in [0.4, 0.5) is 4.39 Å². The molecule has 0 saturated carbocycles. The molecule has 0 saturated heterocycles. The molecule has 0 aliphatic carbocycles. The van der Waals surface area contributed by atoms with E-state index in [1.54, 1.807) is 13.1 Å². The molecule has 96 valence electrons. The van der Waals surface area contributed by atoms with Crippen LogP contribution >= 0.6 is 0 Å². The average molecular weight is 261 g/mol. The van der Waals surface area contributed by atoms with Gasteiger partial charge in [-0.05, 0) is 24.7 Å². The van der Waals surface area contributed by atoms with Crippen molar-refractivity contribution >= 4 is 9.84 Å². The van der Waals surface area contributed by atoms with Gasteiger partial charge in [0.2, 0.25) is 0 Å². The molecule has 1 aromatic rings. The van der Waals surface area contributed by atoms with Gasteiger partial charge in [0, 0.05) is 12.3 Å². The van der Waals surface area contributed by atoms with Crippen LogP contribution in [0, 0.1) is 5.82 Å². The van der Waals surface area contributed by atoms with Crippen molar-refractivity contribution in [3.05, 3.63) is 29.6 Å². The van der Waals surface area contributed by atoms with Crippen LogP contribution in [0.5, 0.6) is 5.75 Å². The van der Waals surface area contributed by atoms with E-state index in [2.05, 4.69) is 5.32 Å². The largest absolute Gasteiger partial charge is 0.494 e. The summed E-state index contributed by atoms with van der Waals surface area (Å²) in [6.45, 7) is 0. The Kier molecular flexibility index (Phi) is 4.47. The molecule has 0 aromatic heterocycles. The number of sulfone groups is 1. The van der Waals surface area contributed by atoms with Crippen molar-refractivity contribution in [2.24, 2.45) is 0 Å². The molecule has 0 aliphatic rings. The first-order valence-electron chi connectivity index (χ1n) is 5.06. The van der Waals surface area contributed by atoms with Gasteiger partial charge in [-0.3, -0.25) is 0 Å². The van der Waals surface area contributed by atoms with Crippen molar-refractivity contribution in [1.29, 1.82) is 0 Å². The maximum atomic E-state index is 13.5. The van der Waals surface area contributed by atoms with Crippen LogP contribution in [0.15, 0.2) is 18.2 Å². The van der Waals surface area contributed by atoms with Gasteiger partial charge in [0.1, 0.15) is 9.84 Å². The minimum absolute atomic E-state index is 0.0741. The molecule has 0 radical (unpaired) electrons. The lowest BCUT2D eigenvalue weighted by Crippen LogP contribution is -2.24. The molecule has 0 amide bonds. The Morgan fingerprint density at radius 2 is 2.12 bits per heavy atom. The lowest BCUT2D eigenvalue weighted by Gasteiger charge is -2.16. The normalized spacial score (nSPS) is 13.4. The fraction of sp³-hybridized carbons (Fsp3) is 0.455. The average Bonchev–Trinajstić information content (AvgIpc) is 2.24. The highest BCUT2D eigenvalue weighted by Gasteiger charge is 2.17. The van der Waals surface area contributed by atoms with E-state index in [-0.39, 0.29) is 11.5 Å². The summed E-state index contributed by atoms with van der Waals surface area (Å²) in [5.41, 5.74) is 0.580. The number of hydrogen-bond donors (Lipinski definition) is 1. The molecule has 1 unspecified atom stereocenters. The first-order chi connectivity index (χ1) is 7.87. The van der Waals surface area contributed by atoms with Crippen LogP contribution < -0.4 is 10.1 Å². The molecule has 17 heavy (non-hydrogen) atoms. The van der Waals surface area contributed by atoms with Crippen molar-refractivity contribution in [3.8, 4) is 5.75 Å². The summed E-state index contributed by atoms with van der Waals surface area (Å²) in [6, 6.07) is 3.99. The minimum atomic E-state index is -3.13. The van der Waals surface area contributed by atoms with E-state index in [0.29, 0.717) is 5.56 Å². The van der Waals surface area contributed by atoms with Crippen molar-refractivity contribution < 1.29 is 17.5 Å². The van der Waals surface area contributed by atoms with Gasteiger partial charge in [0.15, 0.2) is 11.6 Å². The summed E-state index contributed by atoms with van der Waals surface area (Å²) in [4.78, 5) is 0. The second-order valence-electron chi connectivity index (χ2n) is 3.83. The van der Waals surface area contributed by atoms with Gasteiger partial charge in [-0.15, -0.1) is 0 Å². The summed E-state index contributed by atoms with van der Waals surface area (Å²) in [5, 5.41) is 2.85. The van der Waals surface area contributed by atoms with Crippen LogP contribution in [0.1, 0.15) is 11.6 Å². The zero-order valence-corrected chi connectivity index (χ0v) is 10.8. The van der Waals surface area contributed by atoms with Gasteiger partial charge in [0.25, 0.3) is 0 Å². The highest BCUT2D eigenvalue weighted by atomic mass is 32.2. The van der Waals surface area contributed by atoms with E-state index in [0.717, 1.165) is 6.26 Å². The maximum Gasteiger partial charge on any atom is 0.165 e. The van der Waals surface area contributed by atoms with Crippen LogP contribution in [0.3, 0.4) is 0 Å². The summed E-state index contributed by atoms with van der Waals surface area (Å²) < 4.78 is 40.7. The molecular weight excluding hydrogens is 245 g/mol. The third-order valence-corrected chi connectivity index (χ3v) is 3.33. The number of rotatable bonds is 5. The van der Waals surface area contributed by atoms with Crippen molar-refractivity contribution in [2.75, 3.05) is 26.2 Å². The van der Waals surface area contributed by atoms with Crippen molar-refractivity contribution in [1.82, 2.24) is 5.32 Å². The zero-order valence-electron chi connectivity index (χ0n) is 10.0. The highest BCUT2D eigenvalue weighted by molar-refractivity contribution is 7.90. The molecule has 6 heteroatoms. The fourth-order valence-corrected chi connectivity index (χ4v) is 2.51. The Labute approximate surface area is 101 Å². The van der Waals surface area contributed by atoms with E-state index >= 15 is 0 Å². The van der Waals surface area contributed by atoms with Gasteiger partial charge in [-0.2, -0.15) is 0 Å². The van der Waals surface area contributed by atoms with Crippen LogP contribution in [-0.2, 0) is 9.84 Å².